The van der Waals surface area contributed by atoms with Crippen molar-refractivity contribution in [3.63, 3.8) is 0 Å². The van der Waals surface area contributed by atoms with E-state index < -0.39 is 0 Å². The summed E-state index contributed by atoms with van der Waals surface area (Å²) in [5.41, 5.74) is 0. The van der Waals surface area contributed by atoms with E-state index in [1.54, 1.807) is 0 Å². The Balaban J connectivity index is 2.32. The summed E-state index contributed by atoms with van der Waals surface area (Å²) >= 11 is 0. The predicted octanol–water partition coefficient (Wildman–Crippen LogP) is 0.671. The van der Waals surface area contributed by atoms with Gasteiger partial charge in [-0.1, -0.05) is 0 Å². The zero-order valence-electron chi connectivity index (χ0n) is 4.92. The van der Waals surface area contributed by atoms with Crippen molar-refractivity contribution in [2.75, 3.05) is 6.61 Å². The number of ether oxygens (including phenoxy) is 1. The van der Waals surface area contributed by atoms with Crippen molar-refractivity contribution in [2.24, 2.45) is 0 Å². The number of rotatable bonds is 1. The SMILES string of the molecule is CC1=CC[C@@H](CO)O1. The van der Waals surface area contributed by atoms with E-state index in [9.17, 15) is 0 Å². The lowest BCUT2D eigenvalue weighted by atomic mass is 10.3. The molecule has 0 saturated heterocycles. The third-order valence-electron chi connectivity index (χ3n) is 1.22. The predicted molar refractivity (Wildman–Crippen MR) is 30.3 cm³/mol. The van der Waals surface area contributed by atoms with Gasteiger partial charge in [-0.25, -0.2) is 0 Å². The lowest BCUT2D eigenvalue weighted by Gasteiger charge is -2.05. The Bertz CT molecular complexity index is 107. The molecule has 1 aliphatic rings. The molecule has 0 aromatic carbocycles. The molecular weight excluding hydrogens is 104 g/mol. The molecule has 46 valence electrons. The first-order valence-corrected chi connectivity index (χ1v) is 2.77. The summed E-state index contributed by atoms with van der Waals surface area (Å²) in [6.07, 6.45) is 2.89. The Hall–Kier alpha value is -0.500. The van der Waals surface area contributed by atoms with Crippen molar-refractivity contribution in [3.05, 3.63) is 11.8 Å². The van der Waals surface area contributed by atoms with Crippen LogP contribution in [0.15, 0.2) is 11.8 Å². The lowest BCUT2D eigenvalue weighted by Crippen LogP contribution is -2.10. The van der Waals surface area contributed by atoms with E-state index in [2.05, 4.69) is 0 Å². The number of aliphatic hydroxyl groups is 1. The molecule has 0 radical (unpaired) electrons. The third kappa shape index (κ3) is 1.01. The van der Waals surface area contributed by atoms with Crippen LogP contribution in [0.4, 0.5) is 0 Å². The van der Waals surface area contributed by atoms with Crippen molar-refractivity contribution < 1.29 is 9.84 Å². The summed E-state index contributed by atoms with van der Waals surface area (Å²) in [7, 11) is 0. The molecule has 1 rings (SSSR count). The van der Waals surface area contributed by atoms with E-state index in [4.69, 9.17) is 9.84 Å². The molecule has 0 fully saturated rings. The second-order valence-electron chi connectivity index (χ2n) is 1.97. The highest BCUT2D eigenvalue weighted by Crippen LogP contribution is 2.14. The second-order valence-corrected chi connectivity index (χ2v) is 1.97. The molecule has 0 saturated carbocycles. The van der Waals surface area contributed by atoms with Crippen molar-refractivity contribution in [2.45, 2.75) is 19.4 Å². The molecule has 0 unspecified atom stereocenters. The minimum atomic E-state index is 0.0370. The average Bonchev–Trinajstić information content (AvgIpc) is 2.14. The molecular formula is C6H10O2. The fourth-order valence-corrected chi connectivity index (χ4v) is 0.768. The molecule has 2 nitrogen and oxygen atoms in total. The Labute approximate surface area is 48.8 Å². The van der Waals surface area contributed by atoms with Gasteiger partial charge in [0, 0.05) is 6.42 Å². The second kappa shape index (κ2) is 2.18. The maximum Gasteiger partial charge on any atom is 0.125 e. The average molecular weight is 114 g/mol. The van der Waals surface area contributed by atoms with Gasteiger partial charge < -0.3 is 9.84 Å². The van der Waals surface area contributed by atoms with Crippen molar-refractivity contribution >= 4 is 0 Å². The van der Waals surface area contributed by atoms with Gasteiger partial charge in [0.25, 0.3) is 0 Å². The van der Waals surface area contributed by atoms with Gasteiger partial charge in [-0.15, -0.1) is 0 Å². The third-order valence-corrected chi connectivity index (χ3v) is 1.22. The molecule has 0 spiro atoms. The largest absolute Gasteiger partial charge is 0.493 e. The van der Waals surface area contributed by atoms with E-state index >= 15 is 0 Å². The number of aliphatic hydroxyl groups excluding tert-OH is 1. The topological polar surface area (TPSA) is 29.5 Å². The molecule has 0 aromatic heterocycles. The van der Waals surface area contributed by atoms with Gasteiger partial charge in [0.15, 0.2) is 0 Å². The van der Waals surface area contributed by atoms with Gasteiger partial charge in [-0.2, -0.15) is 0 Å². The highest BCUT2D eigenvalue weighted by Gasteiger charge is 2.12. The monoisotopic (exact) mass is 114 g/mol. The van der Waals surface area contributed by atoms with Crippen molar-refractivity contribution in [3.8, 4) is 0 Å². The fourth-order valence-electron chi connectivity index (χ4n) is 0.768. The minimum absolute atomic E-state index is 0.0370. The molecule has 0 bridgehead atoms. The van der Waals surface area contributed by atoms with Gasteiger partial charge in [-0.3, -0.25) is 0 Å². The quantitative estimate of drug-likeness (QED) is 0.543. The van der Waals surface area contributed by atoms with Crippen LogP contribution in [-0.4, -0.2) is 17.8 Å². The first kappa shape index (κ1) is 5.63. The summed E-state index contributed by atoms with van der Waals surface area (Å²) < 4.78 is 5.12. The minimum Gasteiger partial charge on any atom is -0.493 e. The first-order valence-electron chi connectivity index (χ1n) is 2.77. The Morgan fingerprint density at radius 3 is 3.00 bits per heavy atom. The van der Waals surface area contributed by atoms with Crippen LogP contribution >= 0.6 is 0 Å². The maximum atomic E-state index is 8.53. The van der Waals surface area contributed by atoms with Crippen LogP contribution in [0.25, 0.3) is 0 Å². The molecule has 1 atom stereocenters. The van der Waals surface area contributed by atoms with Crippen LogP contribution in [0.5, 0.6) is 0 Å². The number of allylic oxidation sites excluding steroid dienone is 1. The lowest BCUT2D eigenvalue weighted by molar-refractivity contribution is 0.0807. The van der Waals surface area contributed by atoms with E-state index in [1.807, 2.05) is 13.0 Å². The summed E-state index contributed by atoms with van der Waals surface area (Å²) in [5, 5.41) is 8.53. The van der Waals surface area contributed by atoms with Crippen LogP contribution in [0.3, 0.4) is 0 Å². The smallest absolute Gasteiger partial charge is 0.125 e. The van der Waals surface area contributed by atoms with Crippen LogP contribution in [-0.2, 0) is 4.74 Å². The highest BCUT2D eigenvalue weighted by molar-refractivity contribution is 4.97. The molecule has 0 aliphatic carbocycles. The molecule has 0 aromatic rings. The Morgan fingerprint density at radius 1 is 2.00 bits per heavy atom. The van der Waals surface area contributed by atoms with Gasteiger partial charge in [0.1, 0.15) is 6.10 Å². The fraction of sp³-hybridized carbons (Fsp3) is 0.667. The molecule has 1 aliphatic heterocycles. The summed E-state index contributed by atoms with van der Waals surface area (Å²) in [5.74, 6) is 0.934. The first-order chi connectivity index (χ1) is 3.83. The molecule has 2 heteroatoms. The number of hydrogen-bond donors (Lipinski definition) is 1. The maximum absolute atomic E-state index is 8.53. The van der Waals surface area contributed by atoms with Gasteiger partial charge in [0.05, 0.1) is 12.4 Å². The van der Waals surface area contributed by atoms with Gasteiger partial charge >= 0.3 is 0 Å². The zero-order valence-corrected chi connectivity index (χ0v) is 4.92. The molecule has 0 amide bonds. The summed E-state index contributed by atoms with van der Waals surface area (Å²) in [6.45, 7) is 2.03. The van der Waals surface area contributed by atoms with Gasteiger partial charge in [-0.05, 0) is 13.0 Å². The normalized spacial score (nSPS) is 27.2. The van der Waals surface area contributed by atoms with E-state index in [0.717, 1.165) is 12.2 Å². The summed E-state index contributed by atoms with van der Waals surface area (Å²) in [4.78, 5) is 0. The molecule has 8 heavy (non-hydrogen) atoms. The van der Waals surface area contributed by atoms with E-state index in [0.29, 0.717) is 0 Å². The van der Waals surface area contributed by atoms with Crippen molar-refractivity contribution in [1.29, 1.82) is 0 Å². The standard InChI is InChI=1S/C6H10O2/c1-5-2-3-6(4-7)8-5/h2,6-7H,3-4H2,1H3/t6-/m0/s1. The van der Waals surface area contributed by atoms with Crippen molar-refractivity contribution in [1.82, 2.24) is 0 Å². The Morgan fingerprint density at radius 2 is 2.75 bits per heavy atom. The molecule has 1 heterocycles. The van der Waals surface area contributed by atoms with E-state index in [-0.39, 0.29) is 12.7 Å². The Kier molecular flexibility index (Phi) is 1.53. The van der Waals surface area contributed by atoms with Crippen LogP contribution in [0.2, 0.25) is 0 Å². The van der Waals surface area contributed by atoms with E-state index in [1.165, 1.54) is 0 Å². The molecule has 1 N–H and O–H groups in total. The summed E-state index contributed by atoms with van der Waals surface area (Å²) in [6, 6.07) is 0. The van der Waals surface area contributed by atoms with Gasteiger partial charge in [0.2, 0.25) is 0 Å². The zero-order chi connectivity index (χ0) is 5.98. The van der Waals surface area contributed by atoms with Crippen LogP contribution in [0, 0.1) is 0 Å². The number of hydrogen-bond acceptors (Lipinski definition) is 2. The van der Waals surface area contributed by atoms with Crippen LogP contribution in [0.1, 0.15) is 13.3 Å². The van der Waals surface area contributed by atoms with Crippen LogP contribution < -0.4 is 0 Å². The highest BCUT2D eigenvalue weighted by atomic mass is 16.5.